The molecule has 0 rings (SSSR count). The molecule has 0 aromatic heterocycles. The van der Waals surface area contributed by atoms with Gasteiger partial charge in [0.05, 0.1) is 25.4 Å². The predicted molar refractivity (Wildman–Crippen MR) is 269 cm³/mol. The number of hydrogen-bond donors (Lipinski definition) is 3. The summed E-state index contributed by atoms with van der Waals surface area (Å²) in [5, 5.41) is 23.3. The van der Waals surface area contributed by atoms with Crippen molar-refractivity contribution in [2.75, 3.05) is 13.2 Å². The molecular weight excluding hydrogens is 767 g/mol. The Bertz CT molecular complexity index is 924. The van der Waals surface area contributed by atoms with Gasteiger partial charge in [-0.2, -0.15) is 0 Å². The van der Waals surface area contributed by atoms with Crippen molar-refractivity contribution in [1.29, 1.82) is 0 Å². The highest BCUT2D eigenvalue weighted by Gasteiger charge is 2.20. The van der Waals surface area contributed by atoms with Gasteiger partial charge in [0.2, 0.25) is 5.91 Å². The van der Waals surface area contributed by atoms with Gasteiger partial charge in [0.1, 0.15) is 0 Å². The molecule has 1 amide bonds. The largest absolute Gasteiger partial charge is 0.466 e. The second-order valence-corrected chi connectivity index (χ2v) is 19.3. The van der Waals surface area contributed by atoms with Crippen LogP contribution < -0.4 is 5.32 Å². The minimum Gasteiger partial charge on any atom is -0.466 e. The fourth-order valence-electron chi connectivity index (χ4n) is 8.75. The second kappa shape index (κ2) is 52.2. The maximum atomic E-state index is 12.5. The maximum Gasteiger partial charge on any atom is 0.305 e. The predicted octanol–water partition coefficient (Wildman–Crippen LogP) is 16.9. The Morgan fingerprint density at radius 2 is 0.758 bits per heavy atom. The van der Waals surface area contributed by atoms with Crippen LogP contribution in [0.3, 0.4) is 0 Å². The Hall–Kier alpha value is -1.40. The first-order valence-corrected chi connectivity index (χ1v) is 27.9. The van der Waals surface area contributed by atoms with Crippen LogP contribution >= 0.6 is 0 Å². The summed E-state index contributed by atoms with van der Waals surface area (Å²) >= 11 is 0. The molecular formula is C56H109NO5. The third-order valence-corrected chi connectivity index (χ3v) is 13.1. The van der Waals surface area contributed by atoms with Crippen LogP contribution in [0.25, 0.3) is 0 Å². The van der Waals surface area contributed by atoms with E-state index >= 15 is 0 Å². The number of esters is 1. The fraction of sp³-hybridized carbons (Fsp3) is 0.929. The third-order valence-electron chi connectivity index (χ3n) is 13.1. The van der Waals surface area contributed by atoms with Crippen LogP contribution in [0.2, 0.25) is 0 Å². The molecule has 6 heteroatoms. The Morgan fingerprint density at radius 1 is 0.435 bits per heavy atom. The van der Waals surface area contributed by atoms with Gasteiger partial charge in [-0.05, 0) is 51.4 Å². The van der Waals surface area contributed by atoms with Crippen molar-refractivity contribution in [2.45, 2.75) is 321 Å². The maximum absolute atomic E-state index is 12.5. The number of carbonyl (C=O) groups is 2. The van der Waals surface area contributed by atoms with E-state index in [1.807, 2.05) is 0 Å². The monoisotopic (exact) mass is 876 g/mol. The molecule has 3 N–H and O–H groups in total. The average Bonchev–Trinajstić information content (AvgIpc) is 3.27. The van der Waals surface area contributed by atoms with Gasteiger partial charge in [0.25, 0.3) is 0 Å². The van der Waals surface area contributed by atoms with Crippen molar-refractivity contribution in [3.8, 4) is 0 Å². The number of ether oxygens (including phenoxy) is 1. The number of allylic oxidation sites excluding steroid dienone is 2. The standard InChI is InChI=1S/C56H109NO5/c1-3-5-7-9-11-13-15-17-18-21-25-28-32-36-40-44-48-54(59)53(52-58)57-55(60)49-45-41-37-33-29-26-22-19-20-23-27-31-35-39-43-47-51-62-56(61)50-46-42-38-34-30-24-16-14-12-10-8-6-4-2/h19,22,53-54,58-59H,3-18,20-21,23-52H2,1-2H3,(H,57,60)/b22-19-. The van der Waals surface area contributed by atoms with Crippen molar-refractivity contribution in [3.05, 3.63) is 12.2 Å². The van der Waals surface area contributed by atoms with Crippen LogP contribution in [0.15, 0.2) is 12.2 Å². The number of aliphatic hydroxyl groups is 2. The molecule has 0 aliphatic rings. The van der Waals surface area contributed by atoms with Crippen LogP contribution in [0.4, 0.5) is 0 Å². The van der Waals surface area contributed by atoms with Crippen LogP contribution in [0.5, 0.6) is 0 Å². The number of rotatable bonds is 52. The summed E-state index contributed by atoms with van der Waals surface area (Å²) in [4.78, 5) is 24.5. The molecule has 368 valence electrons. The molecule has 0 aliphatic carbocycles. The average molecular weight is 876 g/mol. The zero-order chi connectivity index (χ0) is 45.1. The minimum absolute atomic E-state index is 0.000812. The molecule has 2 atom stereocenters. The molecule has 0 bridgehead atoms. The molecule has 0 aromatic rings. The number of hydrogen-bond acceptors (Lipinski definition) is 5. The molecule has 0 spiro atoms. The first-order valence-electron chi connectivity index (χ1n) is 27.9. The fourth-order valence-corrected chi connectivity index (χ4v) is 8.75. The van der Waals surface area contributed by atoms with Crippen LogP contribution in [0, 0.1) is 0 Å². The van der Waals surface area contributed by atoms with Gasteiger partial charge in [-0.1, -0.05) is 257 Å². The molecule has 6 nitrogen and oxygen atoms in total. The van der Waals surface area contributed by atoms with Gasteiger partial charge in [-0.15, -0.1) is 0 Å². The van der Waals surface area contributed by atoms with E-state index in [1.54, 1.807) is 0 Å². The number of carbonyl (C=O) groups excluding carboxylic acids is 2. The van der Waals surface area contributed by atoms with E-state index in [2.05, 4.69) is 31.3 Å². The molecule has 0 aromatic carbocycles. The SMILES string of the molecule is CCCCCCCCCCCCCCCCCCC(O)C(CO)NC(=O)CCCCCCC/C=C\CCCCCCCCCOC(=O)CCCCCCCCCCCCCCC. The van der Waals surface area contributed by atoms with Crippen molar-refractivity contribution < 1.29 is 24.5 Å². The lowest BCUT2D eigenvalue weighted by Crippen LogP contribution is -2.45. The summed E-state index contributed by atoms with van der Waals surface area (Å²) in [6.07, 6.45) is 60.5. The number of amides is 1. The van der Waals surface area contributed by atoms with Gasteiger partial charge in [-0.3, -0.25) is 9.59 Å². The topological polar surface area (TPSA) is 95.9 Å². The Labute approximate surface area is 387 Å². The molecule has 0 saturated carbocycles. The van der Waals surface area contributed by atoms with E-state index in [0.29, 0.717) is 25.9 Å². The molecule has 0 saturated heterocycles. The lowest BCUT2D eigenvalue weighted by Gasteiger charge is -2.22. The first-order chi connectivity index (χ1) is 30.5. The van der Waals surface area contributed by atoms with E-state index in [0.717, 1.165) is 64.2 Å². The van der Waals surface area contributed by atoms with E-state index < -0.39 is 12.1 Å². The molecule has 62 heavy (non-hydrogen) atoms. The molecule has 0 radical (unpaired) electrons. The van der Waals surface area contributed by atoms with Gasteiger partial charge in [0, 0.05) is 12.8 Å². The van der Waals surface area contributed by atoms with Crippen molar-refractivity contribution in [2.24, 2.45) is 0 Å². The highest BCUT2D eigenvalue weighted by atomic mass is 16.5. The van der Waals surface area contributed by atoms with Gasteiger partial charge in [0.15, 0.2) is 0 Å². The highest BCUT2D eigenvalue weighted by molar-refractivity contribution is 5.76. The molecule has 0 fully saturated rings. The quantitative estimate of drug-likeness (QED) is 0.0321. The lowest BCUT2D eigenvalue weighted by atomic mass is 10.0. The highest BCUT2D eigenvalue weighted by Crippen LogP contribution is 2.17. The van der Waals surface area contributed by atoms with Gasteiger partial charge >= 0.3 is 5.97 Å². The normalized spacial score (nSPS) is 12.6. The van der Waals surface area contributed by atoms with E-state index in [9.17, 15) is 19.8 Å². The smallest absolute Gasteiger partial charge is 0.305 e. The zero-order valence-corrected chi connectivity index (χ0v) is 41.9. The summed E-state index contributed by atoms with van der Waals surface area (Å²) in [5.74, 6) is -0.0508. The Morgan fingerprint density at radius 3 is 1.15 bits per heavy atom. The third kappa shape index (κ3) is 48.1. The van der Waals surface area contributed by atoms with Crippen molar-refractivity contribution in [3.63, 3.8) is 0 Å². The number of aliphatic hydroxyl groups excluding tert-OH is 2. The summed E-state index contributed by atoms with van der Waals surface area (Å²) in [5.41, 5.74) is 0. The molecule has 2 unspecified atom stereocenters. The Kier molecular flexibility index (Phi) is 51.0. The molecule has 0 heterocycles. The lowest BCUT2D eigenvalue weighted by molar-refractivity contribution is -0.143. The van der Waals surface area contributed by atoms with E-state index in [4.69, 9.17) is 4.74 Å². The summed E-state index contributed by atoms with van der Waals surface area (Å²) in [6, 6.07) is -0.552. The van der Waals surface area contributed by atoms with Crippen molar-refractivity contribution >= 4 is 11.9 Å². The Balaban J connectivity index is 3.46. The summed E-state index contributed by atoms with van der Waals surface area (Å²) < 4.78 is 5.46. The first kappa shape index (κ1) is 60.6. The summed E-state index contributed by atoms with van der Waals surface area (Å²) in [7, 11) is 0. The molecule has 0 aliphatic heterocycles. The summed E-state index contributed by atoms with van der Waals surface area (Å²) in [6.45, 7) is 4.94. The number of nitrogens with one attached hydrogen (secondary N) is 1. The van der Waals surface area contributed by atoms with Gasteiger partial charge in [-0.25, -0.2) is 0 Å². The minimum atomic E-state index is -0.674. The van der Waals surface area contributed by atoms with Crippen LogP contribution in [-0.4, -0.2) is 47.4 Å². The van der Waals surface area contributed by atoms with Crippen LogP contribution in [0.1, 0.15) is 309 Å². The second-order valence-electron chi connectivity index (χ2n) is 19.3. The van der Waals surface area contributed by atoms with E-state index in [-0.39, 0.29) is 18.5 Å². The number of unbranched alkanes of at least 4 members (excludes halogenated alkanes) is 39. The van der Waals surface area contributed by atoms with Crippen molar-refractivity contribution in [1.82, 2.24) is 5.32 Å². The van der Waals surface area contributed by atoms with Crippen LogP contribution in [-0.2, 0) is 14.3 Å². The zero-order valence-electron chi connectivity index (χ0n) is 41.9. The van der Waals surface area contributed by atoms with Gasteiger partial charge < -0.3 is 20.3 Å². The van der Waals surface area contributed by atoms with E-state index in [1.165, 1.54) is 212 Å².